The maximum atomic E-state index is 12.5. The van der Waals surface area contributed by atoms with Crippen molar-refractivity contribution in [1.82, 2.24) is 10.3 Å². The molecule has 0 unspecified atom stereocenters. The van der Waals surface area contributed by atoms with E-state index in [0.717, 1.165) is 22.1 Å². The lowest BCUT2D eigenvalue weighted by Crippen LogP contribution is -2.13. The van der Waals surface area contributed by atoms with Crippen LogP contribution in [0.4, 0.5) is 5.82 Å². The Morgan fingerprint density at radius 2 is 1.85 bits per heavy atom. The van der Waals surface area contributed by atoms with Crippen LogP contribution in [0.15, 0.2) is 60.9 Å². The van der Waals surface area contributed by atoms with E-state index in [-0.39, 0.29) is 12.0 Å². The van der Waals surface area contributed by atoms with Crippen LogP contribution in [0.3, 0.4) is 0 Å². The Morgan fingerprint density at radius 3 is 2.56 bits per heavy atom. The highest BCUT2D eigenvalue weighted by Gasteiger charge is 2.08. The van der Waals surface area contributed by atoms with Gasteiger partial charge in [0.1, 0.15) is 11.6 Å². The van der Waals surface area contributed by atoms with E-state index in [0.29, 0.717) is 11.4 Å². The van der Waals surface area contributed by atoms with Crippen LogP contribution in [-0.2, 0) is 0 Å². The van der Waals surface area contributed by atoms with Gasteiger partial charge in [0.25, 0.3) is 5.91 Å². The van der Waals surface area contributed by atoms with Gasteiger partial charge < -0.3 is 15.4 Å². The molecule has 1 aromatic heterocycles. The Labute approximate surface area is 159 Å². The summed E-state index contributed by atoms with van der Waals surface area (Å²) in [6.07, 6.45) is 5.71. The van der Waals surface area contributed by atoms with E-state index in [1.807, 2.05) is 51.4 Å². The molecule has 3 aromatic rings. The van der Waals surface area contributed by atoms with Crippen LogP contribution in [0.1, 0.15) is 29.8 Å². The summed E-state index contributed by atoms with van der Waals surface area (Å²) in [6.45, 7) is 3.93. The van der Waals surface area contributed by atoms with Gasteiger partial charge in [-0.3, -0.25) is 4.79 Å². The first-order chi connectivity index (χ1) is 13.0. The summed E-state index contributed by atoms with van der Waals surface area (Å²) in [5.41, 5.74) is 1.62. The van der Waals surface area contributed by atoms with Crippen molar-refractivity contribution >= 4 is 28.6 Å². The maximum Gasteiger partial charge on any atom is 0.256 e. The average molecular weight is 361 g/mol. The van der Waals surface area contributed by atoms with Crippen molar-refractivity contribution in [2.24, 2.45) is 0 Å². The zero-order valence-electron chi connectivity index (χ0n) is 15.7. The molecule has 0 atom stereocenters. The molecule has 0 aliphatic heterocycles. The molecule has 0 fully saturated rings. The van der Waals surface area contributed by atoms with Gasteiger partial charge in [-0.15, -0.1) is 0 Å². The lowest BCUT2D eigenvalue weighted by Gasteiger charge is -2.10. The van der Waals surface area contributed by atoms with Gasteiger partial charge in [0.2, 0.25) is 0 Å². The van der Waals surface area contributed by atoms with Crippen LogP contribution in [0.5, 0.6) is 5.75 Å². The molecule has 0 saturated carbocycles. The molecule has 5 nitrogen and oxygen atoms in total. The van der Waals surface area contributed by atoms with Gasteiger partial charge in [-0.05, 0) is 73.5 Å². The minimum atomic E-state index is -0.204. The van der Waals surface area contributed by atoms with Crippen molar-refractivity contribution in [2.75, 3.05) is 12.4 Å². The summed E-state index contributed by atoms with van der Waals surface area (Å²) in [4.78, 5) is 16.8. The number of hydrogen-bond donors (Lipinski definition) is 2. The fourth-order valence-electron chi connectivity index (χ4n) is 2.66. The molecule has 0 aliphatic carbocycles. The van der Waals surface area contributed by atoms with Crippen LogP contribution in [0.25, 0.3) is 16.8 Å². The Balaban J connectivity index is 1.76. The second-order valence-electron chi connectivity index (χ2n) is 6.44. The Bertz CT molecular complexity index is 963. The van der Waals surface area contributed by atoms with E-state index in [1.165, 1.54) is 0 Å². The third-order valence-electron chi connectivity index (χ3n) is 3.92. The van der Waals surface area contributed by atoms with Crippen molar-refractivity contribution in [3.05, 3.63) is 72.1 Å². The molecule has 0 radical (unpaired) electrons. The highest BCUT2D eigenvalue weighted by Crippen LogP contribution is 2.20. The highest BCUT2D eigenvalue weighted by atomic mass is 16.5. The molecule has 0 saturated heterocycles. The van der Waals surface area contributed by atoms with E-state index in [4.69, 9.17) is 4.74 Å². The second-order valence-corrected chi connectivity index (χ2v) is 6.44. The number of anilines is 1. The number of benzene rings is 2. The summed E-state index contributed by atoms with van der Waals surface area (Å²) in [5.74, 6) is 1.06. The molecule has 0 bridgehead atoms. The molecule has 2 aromatic carbocycles. The van der Waals surface area contributed by atoms with Crippen molar-refractivity contribution in [3.63, 3.8) is 0 Å². The predicted molar refractivity (Wildman–Crippen MR) is 110 cm³/mol. The van der Waals surface area contributed by atoms with E-state index in [1.54, 1.807) is 30.5 Å². The SMILES string of the molecule is CN/C=C/c1ccc2cnc(NC(=O)c3ccc(OC(C)C)cc3)cc2c1. The third-order valence-corrected chi connectivity index (χ3v) is 3.92. The number of amides is 1. The van der Waals surface area contributed by atoms with Crippen LogP contribution in [-0.4, -0.2) is 24.0 Å². The number of rotatable bonds is 6. The molecule has 3 rings (SSSR count). The van der Waals surface area contributed by atoms with Crippen LogP contribution >= 0.6 is 0 Å². The zero-order chi connectivity index (χ0) is 19.2. The quantitative estimate of drug-likeness (QED) is 0.680. The zero-order valence-corrected chi connectivity index (χ0v) is 15.7. The van der Waals surface area contributed by atoms with Gasteiger partial charge >= 0.3 is 0 Å². The number of carbonyl (C=O) groups is 1. The standard InChI is InChI=1S/C22H23N3O2/c1-15(2)27-20-8-6-17(7-9-20)22(26)25-21-13-19-12-16(10-11-23-3)4-5-18(19)14-24-21/h4-15,23H,1-3H3,(H,24,25,26)/b11-10+. The summed E-state index contributed by atoms with van der Waals surface area (Å²) in [6, 6.07) is 15.0. The van der Waals surface area contributed by atoms with Crippen LogP contribution in [0, 0.1) is 0 Å². The number of carbonyl (C=O) groups excluding carboxylic acids is 1. The summed E-state index contributed by atoms with van der Waals surface area (Å²) < 4.78 is 5.60. The van der Waals surface area contributed by atoms with E-state index in [9.17, 15) is 4.79 Å². The Morgan fingerprint density at radius 1 is 1.07 bits per heavy atom. The fourth-order valence-corrected chi connectivity index (χ4v) is 2.66. The third kappa shape index (κ3) is 4.85. The largest absolute Gasteiger partial charge is 0.491 e. The lowest BCUT2D eigenvalue weighted by atomic mass is 10.1. The topological polar surface area (TPSA) is 63.2 Å². The van der Waals surface area contributed by atoms with Gasteiger partial charge in [-0.2, -0.15) is 0 Å². The number of nitrogens with one attached hydrogen (secondary N) is 2. The number of hydrogen-bond acceptors (Lipinski definition) is 4. The highest BCUT2D eigenvalue weighted by molar-refractivity contribution is 6.04. The van der Waals surface area contributed by atoms with Crippen molar-refractivity contribution in [2.45, 2.75) is 20.0 Å². The lowest BCUT2D eigenvalue weighted by molar-refractivity contribution is 0.102. The average Bonchev–Trinajstić information content (AvgIpc) is 2.66. The Hall–Kier alpha value is -3.34. The van der Waals surface area contributed by atoms with Gasteiger partial charge in [0.15, 0.2) is 0 Å². The number of pyridine rings is 1. The van der Waals surface area contributed by atoms with Crippen LogP contribution in [0.2, 0.25) is 0 Å². The minimum Gasteiger partial charge on any atom is -0.491 e. The molecule has 138 valence electrons. The molecule has 0 aliphatic rings. The number of aromatic nitrogens is 1. The summed E-state index contributed by atoms with van der Waals surface area (Å²) in [7, 11) is 1.86. The van der Waals surface area contributed by atoms with E-state index in [2.05, 4.69) is 21.7 Å². The van der Waals surface area contributed by atoms with Crippen LogP contribution < -0.4 is 15.4 Å². The Kier molecular flexibility index (Phi) is 5.71. The number of nitrogens with zero attached hydrogens (tertiary/aromatic N) is 1. The molecule has 27 heavy (non-hydrogen) atoms. The van der Waals surface area contributed by atoms with Gasteiger partial charge in [0, 0.05) is 24.2 Å². The van der Waals surface area contributed by atoms with Crippen molar-refractivity contribution in [1.29, 1.82) is 0 Å². The van der Waals surface area contributed by atoms with Crippen molar-refractivity contribution < 1.29 is 9.53 Å². The maximum absolute atomic E-state index is 12.5. The van der Waals surface area contributed by atoms with Gasteiger partial charge in [-0.25, -0.2) is 4.98 Å². The van der Waals surface area contributed by atoms with E-state index < -0.39 is 0 Å². The van der Waals surface area contributed by atoms with Gasteiger partial charge in [0.05, 0.1) is 6.10 Å². The molecule has 5 heteroatoms. The molecular weight excluding hydrogens is 338 g/mol. The molecular formula is C22H23N3O2. The smallest absolute Gasteiger partial charge is 0.256 e. The predicted octanol–water partition coefficient (Wildman–Crippen LogP) is 4.46. The van der Waals surface area contributed by atoms with E-state index >= 15 is 0 Å². The minimum absolute atomic E-state index is 0.0966. The normalized spacial score (nSPS) is 11.1. The monoisotopic (exact) mass is 361 g/mol. The number of fused-ring (bicyclic) bond motifs is 1. The first-order valence-corrected chi connectivity index (χ1v) is 8.87. The summed E-state index contributed by atoms with van der Waals surface area (Å²) >= 11 is 0. The van der Waals surface area contributed by atoms with Crippen molar-refractivity contribution in [3.8, 4) is 5.75 Å². The summed E-state index contributed by atoms with van der Waals surface area (Å²) in [5, 5.41) is 7.86. The second kappa shape index (κ2) is 8.36. The molecule has 1 amide bonds. The first kappa shape index (κ1) is 18.5. The molecule has 2 N–H and O–H groups in total. The first-order valence-electron chi connectivity index (χ1n) is 8.87. The number of ether oxygens (including phenoxy) is 1. The molecule has 0 spiro atoms. The fraction of sp³-hybridized carbons (Fsp3) is 0.182. The van der Waals surface area contributed by atoms with Gasteiger partial charge in [-0.1, -0.05) is 12.1 Å². The molecule has 1 heterocycles.